The van der Waals surface area contributed by atoms with E-state index in [1.165, 1.54) is 12.1 Å². The number of aryl methyl sites for hydroxylation is 1. The van der Waals surface area contributed by atoms with Crippen LogP contribution in [-0.2, 0) is 9.59 Å². The summed E-state index contributed by atoms with van der Waals surface area (Å²) in [6.45, 7) is 2.23. The maximum Gasteiger partial charge on any atom is 0.316 e. The Morgan fingerprint density at radius 2 is 1.39 bits per heavy atom. The van der Waals surface area contributed by atoms with Gasteiger partial charge in [0.2, 0.25) is 5.91 Å². The number of hydrogen-bond acceptors (Lipinski definition) is 5. The van der Waals surface area contributed by atoms with E-state index in [2.05, 4.69) is 0 Å². The third-order valence-corrected chi connectivity index (χ3v) is 5.91. The molecule has 1 saturated heterocycles. The lowest BCUT2D eigenvalue weighted by atomic mass is 10.1. The summed E-state index contributed by atoms with van der Waals surface area (Å²) in [5.41, 5.74) is 2.96. The third-order valence-electron chi connectivity index (χ3n) is 5.91. The van der Waals surface area contributed by atoms with Crippen molar-refractivity contribution in [2.45, 2.75) is 13.3 Å². The number of imide groups is 1. The predicted molar refractivity (Wildman–Crippen MR) is 121 cm³/mol. The molecule has 3 aromatic rings. The molecule has 0 spiro atoms. The summed E-state index contributed by atoms with van der Waals surface area (Å²) in [7, 11) is 0. The maximum absolute atomic E-state index is 12.7. The Hall–Kier alpha value is -4.26. The molecule has 3 aromatic carbocycles. The Balaban J connectivity index is 1.26. The topological polar surface area (TPSA) is 84.0 Å². The van der Waals surface area contributed by atoms with E-state index in [4.69, 9.17) is 4.74 Å². The smallest absolute Gasteiger partial charge is 0.316 e. The summed E-state index contributed by atoms with van der Waals surface area (Å²) in [5.74, 6) is -1.69. The van der Waals surface area contributed by atoms with E-state index in [1.807, 2.05) is 31.2 Å². The summed E-state index contributed by atoms with van der Waals surface area (Å²) < 4.78 is 5.48. The van der Waals surface area contributed by atoms with E-state index in [-0.39, 0.29) is 36.4 Å². The normalized spacial score (nSPS) is 17.5. The zero-order chi connectivity index (χ0) is 23.1. The second-order valence-corrected chi connectivity index (χ2v) is 8.15. The van der Waals surface area contributed by atoms with Crippen LogP contribution in [0.5, 0.6) is 5.75 Å². The van der Waals surface area contributed by atoms with Gasteiger partial charge >= 0.3 is 5.97 Å². The highest BCUT2D eigenvalue weighted by Gasteiger charge is 2.37. The van der Waals surface area contributed by atoms with Gasteiger partial charge in [0.25, 0.3) is 11.8 Å². The molecule has 33 heavy (non-hydrogen) atoms. The summed E-state index contributed by atoms with van der Waals surface area (Å²) in [6.07, 6.45) is 0.0832. The number of nitrogens with zero attached hydrogens (tertiary/aromatic N) is 2. The Bertz CT molecular complexity index is 1250. The number of carbonyl (C=O) groups excluding carboxylic acids is 4. The molecule has 0 saturated carbocycles. The lowest BCUT2D eigenvalue weighted by Crippen LogP contribution is -2.29. The second-order valence-electron chi connectivity index (χ2n) is 8.15. The molecule has 0 radical (unpaired) electrons. The van der Waals surface area contributed by atoms with E-state index in [9.17, 15) is 19.2 Å². The molecule has 5 rings (SSSR count). The molecule has 0 aliphatic carbocycles. The molecule has 3 amide bonds. The number of fused-ring (bicyclic) bond motifs is 1. The van der Waals surface area contributed by atoms with Gasteiger partial charge in [0.1, 0.15) is 5.75 Å². The molecule has 0 aromatic heterocycles. The number of anilines is 2. The predicted octanol–water partition coefficient (Wildman–Crippen LogP) is 3.75. The molecular weight excluding hydrogens is 420 g/mol. The zero-order valence-electron chi connectivity index (χ0n) is 17.9. The van der Waals surface area contributed by atoms with Gasteiger partial charge in [-0.3, -0.25) is 19.2 Å². The van der Waals surface area contributed by atoms with Crippen molar-refractivity contribution in [3.63, 3.8) is 0 Å². The number of ether oxygens (including phenoxy) is 1. The van der Waals surface area contributed by atoms with Crippen LogP contribution in [0, 0.1) is 12.8 Å². The quantitative estimate of drug-likeness (QED) is 0.351. The number of esters is 1. The number of amides is 3. The monoisotopic (exact) mass is 440 g/mol. The molecule has 7 nitrogen and oxygen atoms in total. The molecule has 0 bridgehead atoms. The van der Waals surface area contributed by atoms with Crippen molar-refractivity contribution in [2.75, 3.05) is 16.3 Å². The Morgan fingerprint density at radius 1 is 0.818 bits per heavy atom. The van der Waals surface area contributed by atoms with Gasteiger partial charge in [-0.25, -0.2) is 4.90 Å². The van der Waals surface area contributed by atoms with Crippen LogP contribution in [0.1, 0.15) is 32.7 Å². The van der Waals surface area contributed by atoms with E-state index in [0.717, 1.165) is 16.2 Å². The van der Waals surface area contributed by atoms with E-state index >= 15 is 0 Å². The third kappa shape index (κ3) is 3.67. The minimum absolute atomic E-state index is 0.0832. The van der Waals surface area contributed by atoms with Crippen LogP contribution in [0.3, 0.4) is 0 Å². The summed E-state index contributed by atoms with van der Waals surface area (Å²) in [5, 5.41) is 0. The first-order valence-electron chi connectivity index (χ1n) is 10.6. The fourth-order valence-corrected chi connectivity index (χ4v) is 4.13. The van der Waals surface area contributed by atoms with Crippen molar-refractivity contribution in [1.82, 2.24) is 0 Å². The molecule has 1 fully saturated rings. The van der Waals surface area contributed by atoms with Crippen LogP contribution in [0.15, 0.2) is 72.8 Å². The molecule has 0 unspecified atom stereocenters. The highest BCUT2D eigenvalue weighted by atomic mass is 16.5. The van der Waals surface area contributed by atoms with Crippen molar-refractivity contribution >= 4 is 35.1 Å². The number of benzene rings is 3. The molecule has 2 aliphatic rings. The number of carbonyl (C=O) groups is 4. The lowest BCUT2D eigenvalue weighted by Gasteiger charge is -2.17. The van der Waals surface area contributed by atoms with Crippen LogP contribution in [0.4, 0.5) is 11.4 Å². The molecule has 0 N–H and O–H groups in total. The average molecular weight is 440 g/mol. The van der Waals surface area contributed by atoms with E-state index in [0.29, 0.717) is 16.8 Å². The first-order valence-corrected chi connectivity index (χ1v) is 10.6. The first kappa shape index (κ1) is 20.6. The van der Waals surface area contributed by atoms with Crippen LogP contribution in [-0.4, -0.2) is 30.2 Å². The van der Waals surface area contributed by atoms with Gasteiger partial charge in [-0.05, 0) is 55.5 Å². The average Bonchev–Trinajstić information content (AvgIpc) is 3.33. The van der Waals surface area contributed by atoms with Crippen LogP contribution in [0.25, 0.3) is 0 Å². The number of hydrogen-bond donors (Lipinski definition) is 0. The van der Waals surface area contributed by atoms with E-state index in [1.54, 1.807) is 41.3 Å². The largest absolute Gasteiger partial charge is 0.426 e. The van der Waals surface area contributed by atoms with Gasteiger partial charge in [0.15, 0.2) is 0 Å². The Kier molecular flexibility index (Phi) is 5.01. The summed E-state index contributed by atoms with van der Waals surface area (Å²) in [6, 6.07) is 20.4. The molecule has 1 atom stereocenters. The van der Waals surface area contributed by atoms with Crippen molar-refractivity contribution < 1.29 is 23.9 Å². The Morgan fingerprint density at radius 3 is 2.00 bits per heavy atom. The minimum atomic E-state index is -0.574. The minimum Gasteiger partial charge on any atom is -0.426 e. The molecule has 2 aliphatic heterocycles. The second kappa shape index (κ2) is 8.02. The molecule has 164 valence electrons. The van der Waals surface area contributed by atoms with Gasteiger partial charge < -0.3 is 9.64 Å². The van der Waals surface area contributed by atoms with Gasteiger partial charge in [-0.2, -0.15) is 0 Å². The lowest BCUT2D eigenvalue weighted by molar-refractivity contribution is -0.139. The van der Waals surface area contributed by atoms with E-state index < -0.39 is 11.9 Å². The summed E-state index contributed by atoms with van der Waals surface area (Å²) in [4.78, 5) is 53.0. The maximum atomic E-state index is 12.7. The van der Waals surface area contributed by atoms with Crippen LogP contribution in [0.2, 0.25) is 0 Å². The van der Waals surface area contributed by atoms with Gasteiger partial charge in [-0.15, -0.1) is 0 Å². The van der Waals surface area contributed by atoms with Gasteiger partial charge in [0.05, 0.1) is 22.7 Å². The zero-order valence-corrected chi connectivity index (χ0v) is 17.9. The Labute approximate surface area is 190 Å². The molecule has 7 heteroatoms. The molecular formula is C26H20N2O5. The summed E-state index contributed by atoms with van der Waals surface area (Å²) >= 11 is 0. The first-order chi connectivity index (χ1) is 15.9. The van der Waals surface area contributed by atoms with Gasteiger partial charge in [-0.1, -0.05) is 29.8 Å². The highest BCUT2D eigenvalue weighted by molar-refractivity contribution is 6.34. The standard InChI is InChI=1S/C26H20N2O5/c1-16-6-8-18(9-7-16)27-15-17(14-23(27)29)26(32)33-20-12-10-19(11-13-20)28-24(30)21-4-2-3-5-22(21)25(28)31/h2-13,17H,14-15H2,1H3/t17-/m0/s1. The van der Waals surface area contributed by atoms with Crippen molar-refractivity contribution in [3.05, 3.63) is 89.5 Å². The molecule has 2 heterocycles. The van der Waals surface area contributed by atoms with Crippen molar-refractivity contribution in [3.8, 4) is 5.75 Å². The fourth-order valence-electron chi connectivity index (χ4n) is 4.13. The number of rotatable bonds is 4. The SMILES string of the molecule is Cc1ccc(N2C[C@@H](C(=O)Oc3ccc(N4C(=O)c5ccccc5C4=O)cc3)CC2=O)cc1. The highest BCUT2D eigenvalue weighted by Crippen LogP contribution is 2.30. The fraction of sp³-hybridized carbons (Fsp3) is 0.154. The van der Waals surface area contributed by atoms with Crippen molar-refractivity contribution in [1.29, 1.82) is 0 Å². The van der Waals surface area contributed by atoms with Crippen LogP contribution < -0.4 is 14.5 Å². The van der Waals surface area contributed by atoms with Gasteiger partial charge in [0, 0.05) is 18.7 Å². The van der Waals surface area contributed by atoms with Crippen LogP contribution >= 0.6 is 0 Å². The van der Waals surface area contributed by atoms with Crippen molar-refractivity contribution in [2.24, 2.45) is 5.92 Å².